The zero-order chi connectivity index (χ0) is 23.6. The highest BCUT2D eigenvalue weighted by atomic mass is 35.5. The number of β-amino-alcohol motifs (C(OH)–C–C–N with tert-alkyl or cyclic N) is 1. The summed E-state index contributed by atoms with van der Waals surface area (Å²) < 4.78 is 29.8. The Balaban J connectivity index is 1.56. The van der Waals surface area contributed by atoms with Crippen LogP contribution in [0.5, 0.6) is 5.75 Å². The van der Waals surface area contributed by atoms with Gasteiger partial charge < -0.3 is 20.1 Å². The van der Waals surface area contributed by atoms with Gasteiger partial charge >= 0.3 is 5.57 Å². The van der Waals surface area contributed by atoms with E-state index >= 15 is 0 Å². The molecule has 1 unspecified atom stereocenters. The molecular formula is C22H22ClF2N5O3. The van der Waals surface area contributed by atoms with E-state index in [1.54, 1.807) is 18.3 Å². The van der Waals surface area contributed by atoms with Crippen molar-refractivity contribution < 1.29 is 23.4 Å². The second kappa shape index (κ2) is 8.95. The first kappa shape index (κ1) is 22.9. The molecule has 174 valence electrons. The third-order valence-electron chi connectivity index (χ3n) is 5.56. The number of nitrogens with one attached hydrogen (secondary N) is 2. The number of hydrogen-bond donors (Lipinski definition) is 3. The summed E-state index contributed by atoms with van der Waals surface area (Å²) in [5, 5.41) is 20.2. The van der Waals surface area contributed by atoms with Crippen molar-refractivity contribution in [2.45, 2.75) is 30.9 Å². The van der Waals surface area contributed by atoms with Crippen molar-refractivity contribution in [2.75, 3.05) is 23.3 Å². The minimum absolute atomic E-state index is 0.141. The molecule has 4 rings (SSSR count). The van der Waals surface area contributed by atoms with Crippen molar-refractivity contribution >= 4 is 29.0 Å². The largest absolute Gasteiger partial charge is 0.487 e. The number of aliphatic hydroxyl groups is 1. The average Bonchev–Trinajstić information content (AvgIpc) is 3.44. The smallest absolute Gasteiger partial charge is 0.420 e. The molecule has 8 nitrogen and oxygen atoms in total. The number of carbonyl (C=O) groups is 1. The van der Waals surface area contributed by atoms with Gasteiger partial charge in [-0.1, -0.05) is 6.92 Å². The van der Waals surface area contributed by atoms with E-state index in [2.05, 4.69) is 25.2 Å². The minimum Gasteiger partial charge on any atom is -0.420 e. The standard InChI is InChI=1S/C22H22ClF2N5O3/c1-2-21(32)8-10-30(13-21)19-17(18-7-9-27-29-18)11-14(12-26-19)20(31)28-15-3-5-16(6-4-15)33-22(23,24)25/h3-7,9,11-12,32H,2,8,10,13H2,1H3,(H,27,29)(H,28,31). The molecule has 1 amide bonds. The summed E-state index contributed by atoms with van der Waals surface area (Å²) in [6.45, 7) is 3.03. The topological polar surface area (TPSA) is 103 Å². The third kappa shape index (κ3) is 5.40. The van der Waals surface area contributed by atoms with Gasteiger partial charge in [-0.3, -0.25) is 9.89 Å². The lowest BCUT2D eigenvalue weighted by Gasteiger charge is -2.24. The molecule has 3 N–H and O–H groups in total. The van der Waals surface area contributed by atoms with Gasteiger partial charge in [-0.15, -0.1) is 8.78 Å². The SMILES string of the molecule is CCC1(O)CCN(c2ncc(C(=O)Nc3ccc(OC(F)(F)Cl)cc3)cc2-c2ccn[nH]2)C1. The van der Waals surface area contributed by atoms with Crippen LogP contribution >= 0.6 is 11.6 Å². The van der Waals surface area contributed by atoms with Gasteiger partial charge in [0, 0.05) is 48.3 Å². The van der Waals surface area contributed by atoms with E-state index in [1.807, 2.05) is 11.8 Å². The molecule has 0 radical (unpaired) electrons. The molecule has 1 aromatic carbocycles. The van der Waals surface area contributed by atoms with E-state index < -0.39 is 17.1 Å². The Bertz CT molecular complexity index is 1120. The predicted molar refractivity (Wildman–Crippen MR) is 120 cm³/mol. The number of hydrogen-bond acceptors (Lipinski definition) is 6. The van der Waals surface area contributed by atoms with Gasteiger partial charge in [-0.2, -0.15) is 5.10 Å². The number of amides is 1. The Labute approximate surface area is 193 Å². The maximum Gasteiger partial charge on any atom is 0.487 e. The van der Waals surface area contributed by atoms with E-state index in [0.29, 0.717) is 54.3 Å². The number of halogens is 3. The van der Waals surface area contributed by atoms with E-state index in [-0.39, 0.29) is 5.75 Å². The molecule has 1 atom stereocenters. The lowest BCUT2D eigenvalue weighted by molar-refractivity contribution is -0.0964. The van der Waals surface area contributed by atoms with Crippen LogP contribution in [0, 0.1) is 0 Å². The number of nitrogens with zero attached hydrogens (tertiary/aromatic N) is 3. The Morgan fingerprint density at radius 3 is 2.73 bits per heavy atom. The fraction of sp³-hybridized carbons (Fsp3) is 0.318. The van der Waals surface area contributed by atoms with Crippen molar-refractivity contribution in [1.82, 2.24) is 15.2 Å². The summed E-state index contributed by atoms with van der Waals surface area (Å²) in [5.74, 6) is 0.0690. The normalized spacial score (nSPS) is 18.4. The predicted octanol–water partition coefficient (Wildman–Crippen LogP) is 4.24. The van der Waals surface area contributed by atoms with Gasteiger partial charge in [0.25, 0.3) is 5.91 Å². The Kier molecular flexibility index (Phi) is 6.22. The minimum atomic E-state index is -3.82. The highest BCUT2D eigenvalue weighted by Crippen LogP contribution is 2.34. The molecule has 0 bridgehead atoms. The average molecular weight is 478 g/mol. The molecule has 1 saturated heterocycles. The van der Waals surface area contributed by atoms with Gasteiger partial charge in [0.2, 0.25) is 0 Å². The van der Waals surface area contributed by atoms with Crippen molar-refractivity contribution in [1.29, 1.82) is 0 Å². The highest BCUT2D eigenvalue weighted by Gasteiger charge is 2.36. The van der Waals surface area contributed by atoms with Crippen molar-refractivity contribution in [3.63, 3.8) is 0 Å². The molecule has 1 aliphatic heterocycles. The number of carbonyl (C=O) groups excluding carboxylic acids is 1. The lowest BCUT2D eigenvalue weighted by atomic mass is 10.0. The number of benzene rings is 1. The maximum atomic E-state index is 12.8. The number of alkyl halides is 3. The Hall–Kier alpha value is -3.24. The van der Waals surface area contributed by atoms with Crippen molar-refractivity contribution in [2.24, 2.45) is 0 Å². The summed E-state index contributed by atoms with van der Waals surface area (Å²) in [4.78, 5) is 19.3. The van der Waals surface area contributed by atoms with E-state index in [0.717, 1.165) is 0 Å². The quantitative estimate of drug-likeness (QED) is 0.440. The number of rotatable bonds is 7. The fourth-order valence-corrected chi connectivity index (χ4v) is 3.80. The van der Waals surface area contributed by atoms with Crippen molar-refractivity contribution in [3.8, 4) is 17.0 Å². The number of pyridine rings is 1. The number of H-pyrrole nitrogens is 1. The molecule has 1 aliphatic rings. The van der Waals surface area contributed by atoms with Crippen LogP contribution in [-0.2, 0) is 0 Å². The Morgan fingerprint density at radius 1 is 1.36 bits per heavy atom. The van der Waals surface area contributed by atoms with Crippen LogP contribution in [0.1, 0.15) is 30.1 Å². The van der Waals surface area contributed by atoms with Crippen LogP contribution in [0.25, 0.3) is 11.3 Å². The monoisotopic (exact) mass is 477 g/mol. The van der Waals surface area contributed by atoms with Crippen LogP contribution in [0.2, 0.25) is 0 Å². The molecule has 3 heterocycles. The van der Waals surface area contributed by atoms with Crippen LogP contribution in [0.4, 0.5) is 20.3 Å². The molecule has 33 heavy (non-hydrogen) atoms. The number of anilines is 2. The van der Waals surface area contributed by atoms with Crippen LogP contribution < -0.4 is 15.0 Å². The molecule has 2 aromatic heterocycles. The highest BCUT2D eigenvalue weighted by molar-refractivity contribution is 6.20. The number of aromatic amines is 1. The first-order valence-electron chi connectivity index (χ1n) is 10.3. The molecule has 0 spiro atoms. The zero-order valence-corrected chi connectivity index (χ0v) is 18.4. The summed E-state index contributed by atoms with van der Waals surface area (Å²) in [6, 6.07) is 8.85. The summed E-state index contributed by atoms with van der Waals surface area (Å²) in [6.07, 6.45) is 4.33. The second-order valence-electron chi connectivity index (χ2n) is 7.84. The summed E-state index contributed by atoms with van der Waals surface area (Å²) in [5.41, 5.74) is -2.56. The second-order valence-corrected chi connectivity index (χ2v) is 8.28. The summed E-state index contributed by atoms with van der Waals surface area (Å²) in [7, 11) is 0. The number of ether oxygens (including phenoxy) is 1. The molecular weight excluding hydrogens is 456 g/mol. The molecule has 0 saturated carbocycles. The molecule has 3 aromatic rings. The van der Waals surface area contributed by atoms with E-state index in [9.17, 15) is 18.7 Å². The van der Waals surface area contributed by atoms with Gasteiger partial charge in [0.15, 0.2) is 0 Å². The first-order valence-corrected chi connectivity index (χ1v) is 10.7. The third-order valence-corrected chi connectivity index (χ3v) is 5.63. The zero-order valence-electron chi connectivity index (χ0n) is 17.7. The van der Waals surface area contributed by atoms with Crippen LogP contribution in [0.3, 0.4) is 0 Å². The van der Waals surface area contributed by atoms with Gasteiger partial charge in [-0.25, -0.2) is 4.98 Å². The molecule has 1 fully saturated rings. The number of aromatic nitrogens is 3. The fourth-order valence-electron chi connectivity index (χ4n) is 3.71. The molecule has 11 heteroatoms. The van der Waals surface area contributed by atoms with Crippen LogP contribution in [-0.4, -0.2) is 50.5 Å². The summed E-state index contributed by atoms with van der Waals surface area (Å²) >= 11 is 4.76. The van der Waals surface area contributed by atoms with E-state index in [1.165, 1.54) is 30.5 Å². The van der Waals surface area contributed by atoms with Crippen LogP contribution in [0.15, 0.2) is 48.8 Å². The van der Waals surface area contributed by atoms with Gasteiger partial charge in [0.05, 0.1) is 16.9 Å². The lowest BCUT2D eigenvalue weighted by Crippen LogP contribution is -2.32. The van der Waals surface area contributed by atoms with Gasteiger partial charge in [0.1, 0.15) is 11.6 Å². The first-order chi connectivity index (χ1) is 15.7. The molecule has 0 aliphatic carbocycles. The Morgan fingerprint density at radius 2 is 2.12 bits per heavy atom. The van der Waals surface area contributed by atoms with E-state index in [4.69, 9.17) is 11.6 Å². The maximum absolute atomic E-state index is 12.8. The van der Waals surface area contributed by atoms with Gasteiger partial charge in [-0.05, 0) is 49.2 Å². The van der Waals surface area contributed by atoms with Crippen molar-refractivity contribution in [3.05, 3.63) is 54.4 Å².